The van der Waals surface area contributed by atoms with Crippen molar-refractivity contribution in [2.75, 3.05) is 0 Å². The smallest absolute Gasteiger partial charge is 0.339 e. The van der Waals surface area contributed by atoms with Gasteiger partial charge >= 0.3 is 5.97 Å². The van der Waals surface area contributed by atoms with Gasteiger partial charge in [-0.05, 0) is 31.5 Å². The molecule has 1 aromatic carbocycles. The minimum absolute atomic E-state index is 0.141. The Kier molecular flexibility index (Phi) is 3.32. The Balaban J connectivity index is 2.20. The van der Waals surface area contributed by atoms with Crippen molar-refractivity contribution in [3.63, 3.8) is 0 Å². The minimum atomic E-state index is -1.01. The molecule has 94 valence electrons. The zero-order valence-electron chi connectivity index (χ0n) is 10.1. The molecule has 0 spiro atoms. The summed E-state index contributed by atoms with van der Waals surface area (Å²) < 4.78 is 10.5. The summed E-state index contributed by atoms with van der Waals surface area (Å²) >= 11 is 0. The lowest BCUT2D eigenvalue weighted by atomic mass is 10.1. The average molecular weight is 247 g/mol. The summed E-state index contributed by atoms with van der Waals surface area (Å²) in [6.07, 6.45) is 1.34. The fourth-order valence-electron chi connectivity index (χ4n) is 1.54. The van der Waals surface area contributed by atoms with E-state index in [1.54, 1.807) is 19.1 Å². The van der Waals surface area contributed by atoms with Crippen molar-refractivity contribution in [3.8, 4) is 5.75 Å². The Morgan fingerprint density at radius 2 is 2.22 bits per heavy atom. The number of oxazole rings is 1. The van der Waals surface area contributed by atoms with Gasteiger partial charge in [-0.3, -0.25) is 0 Å². The number of rotatable bonds is 4. The lowest BCUT2D eigenvalue weighted by Crippen LogP contribution is -2.04. The monoisotopic (exact) mass is 247 g/mol. The maximum absolute atomic E-state index is 11.0. The Hall–Kier alpha value is -2.30. The minimum Gasteiger partial charge on any atom is -0.486 e. The second-order valence-electron chi connectivity index (χ2n) is 3.95. The van der Waals surface area contributed by atoms with Crippen LogP contribution in [0, 0.1) is 13.8 Å². The molecule has 0 bridgehead atoms. The summed E-state index contributed by atoms with van der Waals surface area (Å²) in [6.45, 7) is 3.84. The molecule has 2 aromatic rings. The predicted molar refractivity (Wildman–Crippen MR) is 63.7 cm³/mol. The molecule has 0 saturated carbocycles. The number of nitrogens with zero attached hydrogens (tertiary/aromatic N) is 1. The third-order valence-corrected chi connectivity index (χ3v) is 2.58. The van der Waals surface area contributed by atoms with E-state index in [2.05, 4.69) is 4.98 Å². The van der Waals surface area contributed by atoms with Gasteiger partial charge in [-0.25, -0.2) is 9.78 Å². The Morgan fingerprint density at radius 1 is 1.44 bits per heavy atom. The first-order valence-electron chi connectivity index (χ1n) is 5.43. The molecular formula is C13H13NO4. The van der Waals surface area contributed by atoms with Crippen LogP contribution in [0.5, 0.6) is 5.75 Å². The summed E-state index contributed by atoms with van der Waals surface area (Å²) in [5, 5.41) is 9.05. The van der Waals surface area contributed by atoms with Gasteiger partial charge in [0.15, 0.2) is 6.39 Å². The number of aromatic nitrogens is 1. The van der Waals surface area contributed by atoms with Crippen LogP contribution in [0.1, 0.15) is 27.4 Å². The summed E-state index contributed by atoms with van der Waals surface area (Å²) in [4.78, 5) is 15.0. The van der Waals surface area contributed by atoms with E-state index in [0.717, 1.165) is 5.56 Å². The van der Waals surface area contributed by atoms with Gasteiger partial charge in [0.05, 0.1) is 0 Å². The zero-order valence-corrected chi connectivity index (χ0v) is 10.1. The van der Waals surface area contributed by atoms with Crippen molar-refractivity contribution >= 4 is 5.97 Å². The van der Waals surface area contributed by atoms with Crippen LogP contribution < -0.4 is 4.74 Å². The molecule has 1 heterocycles. The summed E-state index contributed by atoms with van der Waals surface area (Å²) in [7, 11) is 0. The van der Waals surface area contributed by atoms with Crippen molar-refractivity contribution < 1.29 is 19.1 Å². The van der Waals surface area contributed by atoms with Crippen LogP contribution >= 0.6 is 0 Å². The highest BCUT2D eigenvalue weighted by molar-refractivity contribution is 5.90. The molecule has 5 nitrogen and oxygen atoms in total. The standard InChI is InChI=1S/C13H13NO4/c1-8-3-4-10(13(15)16)12(5-8)17-6-11-9(2)18-7-14-11/h3-5,7H,6H2,1-2H3,(H,15,16). The van der Waals surface area contributed by atoms with E-state index in [-0.39, 0.29) is 12.2 Å². The van der Waals surface area contributed by atoms with Crippen LogP contribution in [-0.2, 0) is 6.61 Å². The lowest BCUT2D eigenvalue weighted by molar-refractivity contribution is 0.0691. The van der Waals surface area contributed by atoms with Crippen LogP contribution in [0.25, 0.3) is 0 Å². The molecule has 0 aliphatic heterocycles. The van der Waals surface area contributed by atoms with Crippen molar-refractivity contribution in [1.29, 1.82) is 0 Å². The maximum atomic E-state index is 11.0. The van der Waals surface area contributed by atoms with Crippen molar-refractivity contribution in [1.82, 2.24) is 4.98 Å². The van der Waals surface area contributed by atoms with Crippen molar-refractivity contribution in [3.05, 3.63) is 47.2 Å². The van der Waals surface area contributed by atoms with Gasteiger partial charge in [0.2, 0.25) is 0 Å². The zero-order chi connectivity index (χ0) is 13.1. The molecule has 0 aliphatic carbocycles. The third-order valence-electron chi connectivity index (χ3n) is 2.58. The van der Waals surface area contributed by atoms with E-state index in [9.17, 15) is 4.79 Å². The maximum Gasteiger partial charge on any atom is 0.339 e. The number of hydrogen-bond donors (Lipinski definition) is 1. The molecular weight excluding hydrogens is 234 g/mol. The molecule has 1 N–H and O–H groups in total. The molecule has 0 saturated heterocycles. The molecule has 18 heavy (non-hydrogen) atoms. The third kappa shape index (κ3) is 2.51. The molecule has 0 aliphatic rings. The number of carboxylic acids is 1. The second kappa shape index (κ2) is 4.91. The first-order valence-corrected chi connectivity index (χ1v) is 5.43. The first-order chi connectivity index (χ1) is 8.58. The normalized spacial score (nSPS) is 10.3. The van der Waals surface area contributed by atoms with Gasteiger partial charge in [0.25, 0.3) is 0 Å². The van der Waals surface area contributed by atoms with E-state index in [4.69, 9.17) is 14.3 Å². The highest BCUT2D eigenvalue weighted by atomic mass is 16.5. The number of carboxylic acid groups (broad SMARTS) is 1. The Morgan fingerprint density at radius 3 is 2.83 bits per heavy atom. The highest BCUT2D eigenvalue weighted by Gasteiger charge is 2.12. The first kappa shape index (κ1) is 12.2. The second-order valence-corrected chi connectivity index (χ2v) is 3.95. The van der Waals surface area contributed by atoms with Crippen LogP contribution in [0.2, 0.25) is 0 Å². The number of aromatic carboxylic acids is 1. The van der Waals surface area contributed by atoms with Crippen LogP contribution in [0.3, 0.4) is 0 Å². The highest BCUT2D eigenvalue weighted by Crippen LogP contribution is 2.21. The van der Waals surface area contributed by atoms with Crippen molar-refractivity contribution in [2.24, 2.45) is 0 Å². The fraction of sp³-hybridized carbons (Fsp3) is 0.231. The average Bonchev–Trinajstić information content (AvgIpc) is 2.72. The van der Waals surface area contributed by atoms with Gasteiger partial charge in [-0.1, -0.05) is 6.07 Å². The molecule has 0 atom stereocenters. The van der Waals surface area contributed by atoms with E-state index >= 15 is 0 Å². The van der Waals surface area contributed by atoms with Crippen LogP contribution in [0.15, 0.2) is 29.0 Å². The van der Waals surface area contributed by atoms with E-state index in [1.165, 1.54) is 12.5 Å². The number of ether oxygens (including phenoxy) is 1. The van der Waals surface area contributed by atoms with Gasteiger partial charge in [0.1, 0.15) is 29.4 Å². The van der Waals surface area contributed by atoms with Gasteiger partial charge < -0.3 is 14.3 Å². The molecule has 0 amide bonds. The predicted octanol–water partition coefficient (Wildman–Crippen LogP) is 2.57. The largest absolute Gasteiger partial charge is 0.486 e. The summed E-state index contributed by atoms with van der Waals surface area (Å²) in [5.41, 5.74) is 1.74. The van der Waals surface area contributed by atoms with Crippen LogP contribution in [0.4, 0.5) is 0 Å². The van der Waals surface area contributed by atoms with Gasteiger partial charge in [0, 0.05) is 0 Å². The number of aryl methyl sites for hydroxylation is 2. The van der Waals surface area contributed by atoms with Crippen molar-refractivity contribution in [2.45, 2.75) is 20.5 Å². The number of carbonyl (C=O) groups is 1. The molecule has 0 unspecified atom stereocenters. The Labute approximate surface area is 104 Å². The quantitative estimate of drug-likeness (QED) is 0.898. The Bertz CT molecular complexity index is 574. The molecule has 5 heteroatoms. The summed E-state index contributed by atoms with van der Waals surface area (Å²) in [6, 6.07) is 4.96. The fourth-order valence-corrected chi connectivity index (χ4v) is 1.54. The molecule has 1 aromatic heterocycles. The van der Waals surface area contributed by atoms with E-state index in [0.29, 0.717) is 17.2 Å². The number of hydrogen-bond acceptors (Lipinski definition) is 4. The summed E-state index contributed by atoms with van der Waals surface area (Å²) in [5.74, 6) is -0.00805. The number of benzene rings is 1. The van der Waals surface area contributed by atoms with Gasteiger partial charge in [-0.15, -0.1) is 0 Å². The van der Waals surface area contributed by atoms with Crippen LogP contribution in [-0.4, -0.2) is 16.1 Å². The molecule has 2 rings (SSSR count). The molecule has 0 radical (unpaired) electrons. The topological polar surface area (TPSA) is 72.6 Å². The van der Waals surface area contributed by atoms with E-state index < -0.39 is 5.97 Å². The van der Waals surface area contributed by atoms with E-state index in [1.807, 2.05) is 6.92 Å². The molecule has 0 fully saturated rings. The van der Waals surface area contributed by atoms with Gasteiger partial charge in [-0.2, -0.15) is 0 Å². The SMILES string of the molecule is Cc1ccc(C(=O)O)c(OCc2ncoc2C)c1. The lowest BCUT2D eigenvalue weighted by Gasteiger charge is -2.08.